The number of nitrogens with one attached hydrogen (secondary N) is 1. The fraction of sp³-hybridized carbons (Fsp3) is 0.111. The van der Waals surface area contributed by atoms with E-state index in [1.165, 1.54) is 24.3 Å². The number of rotatable bonds is 2. The normalized spacial score (nSPS) is 16.4. The fourth-order valence-electron chi connectivity index (χ4n) is 2.84. The molecule has 10 heteroatoms. The van der Waals surface area contributed by atoms with Crippen LogP contribution in [-0.2, 0) is 6.18 Å². The lowest BCUT2D eigenvalue weighted by atomic mass is 10.0. The lowest BCUT2D eigenvalue weighted by molar-refractivity contribution is -0.145. The van der Waals surface area contributed by atoms with Gasteiger partial charge in [0.15, 0.2) is 0 Å². The predicted octanol–water partition coefficient (Wildman–Crippen LogP) is 5.80. The van der Waals surface area contributed by atoms with Gasteiger partial charge in [-0.1, -0.05) is 29.3 Å². The largest absolute Gasteiger partial charge is 0.453 e. The maximum Gasteiger partial charge on any atom is 0.453 e. The van der Waals surface area contributed by atoms with Crippen molar-refractivity contribution in [2.24, 2.45) is 0 Å². The molecule has 144 valence electrons. The summed E-state index contributed by atoms with van der Waals surface area (Å²) in [6, 6.07) is 9.55. The van der Waals surface area contributed by atoms with Gasteiger partial charge in [0.1, 0.15) is 11.9 Å². The molecule has 4 rings (SSSR count). The van der Waals surface area contributed by atoms with Gasteiger partial charge in [-0.2, -0.15) is 18.2 Å². The molecule has 0 unspecified atom stereocenters. The van der Waals surface area contributed by atoms with Gasteiger partial charge in [-0.05, 0) is 53.6 Å². The van der Waals surface area contributed by atoms with E-state index in [1.807, 2.05) is 0 Å². The minimum absolute atomic E-state index is 0.0924. The number of benzene rings is 2. The molecule has 4 nitrogen and oxygen atoms in total. The summed E-state index contributed by atoms with van der Waals surface area (Å²) in [5.41, 5.74) is 1.61. The highest BCUT2D eigenvalue weighted by molar-refractivity contribution is 6.42. The molecule has 1 aliphatic heterocycles. The smallest absolute Gasteiger partial charge is 0.324 e. The SMILES string of the molecule is Fc1ccc(C2=C[C@@H](c3ccc(Cl)c(Cl)c3)n3nc(C(F)(F)F)nc3N2)cc1. The molecule has 1 aliphatic rings. The Kier molecular flexibility index (Phi) is 4.55. The highest BCUT2D eigenvalue weighted by Crippen LogP contribution is 2.37. The summed E-state index contributed by atoms with van der Waals surface area (Å²) in [5, 5.41) is 7.00. The Morgan fingerprint density at radius 3 is 2.36 bits per heavy atom. The van der Waals surface area contributed by atoms with Crippen LogP contribution in [0.2, 0.25) is 10.0 Å². The number of halogens is 6. The van der Waals surface area contributed by atoms with E-state index in [0.29, 0.717) is 21.8 Å². The second-order valence-corrected chi connectivity index (χ2v) is 6.85. The third-order valence-electron chi connectivity index (χ3n) is 4.16. The molecule has 0 saturated heterocycles. The molecule has 0 aliphatic carbocycles. The van der Waals surface area contributed by atoms with Crippen LogP contribution in [0.25, 0.3) is 5.70 Å². The third-order valence-corrected chi connectivity index (χ3v) is 4.90. The first-order chi connectivity index (χ1) is 13.2. The number of anilines is 1. The van der Waals surface area contributed by atoms with Gasteiger partial charge in [-0.3, -0.25) is 0 Å². The van der Waals surface area contributed by atoms with Crippen LogP contribution in [0.3, 0.4) is 0 Å². The summed E-state index contributed by atoms with van der Waals surface area (Å²) in [6.45, 7) is 0. The first kappa shape index (κ1) is 18.8. The molecule has 0 bridgehead atoms. The number of aromatic nitrogens is 3. The maximum absolute atomic E-state index is 13.2. The zero-order valence-electron chi connectivity index (χ0n) is 13.8. The average molecular weight is 429 g/mol. The molecule has 1 atom stereocenters. The minimum atomic E-state index is -4.70. The summed E-state index contributed by atoms with van der Waals surface area (Å²) in [5.74, 6) is -1.79. The van der Waals surface area contributed by atoms with Gasteiger partial charge in [-0.25, -0.2) is 9.07 Å². The Hall–Kier alpha value is -2.58. The maximum atomic E-state index is 13.2. The molecule has 1 aromatic heterocycles. The lowest BCUT2D eigenvalue weighted by Crippen LogP contribution is -2.20. The monoisotopic (exact) mass is 428 g/mol. The van der Waals surface area contributed by atoms with E-state index >= 15 is 0 Å². The van der Waals surface area contributed by atoms with Crippen molar-refractivity contribution in [2.45, 2.75) is 12.2 Å². The molecular weight excluding hydrogens is 419 g/mol. The lowest BCUT2D eigenvalue weighted by Gasteiger charge is -2.24. The molecule has 2 heterocycles. The summed E-state index contributed by atoms with van der Waals surface area (Å²) in [4.78, 5) is 3.57. The van der Waals surface area contributed by atoms with E-state index in [9.17, 15) is 17.6 Å². The molecule has 3 aromatic rings. The van der Waals surface area contributed by atoms with Gasteiger partial charge >= 0.3 is 6.18 Å². The number of allylic oxidation sites excluding steroid dienone is 1. The van der Waals surface area contributed by atoms with Crippen LogP contribution in [0.5, 0.6) is 0 Å². The Morgan fingerprint density at radius 1 is 1.00 bits per heavy atom. The van der Waals surface area contributed by atoms with Gasteiger partial charge in [0.25, 0.3) is 5.82 Å². The number of hydrogen-bond acceptors (Lipinski definition) is 3. The van der Waals surface area contributed by atoms with Crippen LogP contribution >= 0.6 is 23.2 Å². The second kappa shape index (κ2) is 6.79. The summed E-state index contributed by atoms with van der Waals surface area (Å²) >= 11 is 12.0. The van der Waals surface area contributed by atoms with Crippen molar-refractivity contribution in [3.05, 3.63) is 81.4 Å². The second-order valence-electron chi connectivity index (χ2n) is 6.03. The molecule has 2 aromatic carbocycles. The first-order valence-corrected chi connectivity index (χ1v) is 8.71. The van der Waals surface area contributed by atoms with Gasteiger partial charge in [-0.15, -0.1) is 5.10 Å². The molecule has 0 amide bonds. The van der Waals surface area contributed by atoms with Crippen molar-refractivity contribution in [2.75, 3.05) is 5.32 Å². The minimum Gasteiger partial charge on any atom is -0.324 e. The van der Waals surface area contributed by atoms with E-state index in [-0.39, 0.29) is 11.0 Å². The Morgan fingerprint density at radius 2 is 1.71 bits per heavy atom. The molecule has 0 radical (unpaired) electrons. The number of nitrogens with zero attached hydrogens (tertiary/aromatic N) is 3. The Balaban J connectivity index is 1.85. The summed E-state index contributed by atoms with van der Waals surface area (Å²) in [6.07, 6.45) is -3.04. The first-order valence-electron chi connectivity index (χ1n) is 7.96. The van der Waals surface area contributed by atoms with Crippen LogP contribution in [0, 0.1) is 5.82 Å². The molecule has 28 heavy (non-hydrogen) atoms. The van der Waals surface area contributed by atoms with E-state index in [2.05, 4.69) is 15.4 Å². The van der Waals surface area contributed by atoms with Crippen molar-refractivity contribution < 1.29 is 17.6 Å². The molecule has 0 fully saturated rings. The molecular formula is C18H10Cl2F4N4. The third kappa shape index (κ3) is 3.45. The van der Waals surface area contributed by atoms with Crippen molar-refractivity contribution in [1.29, 1.82) is 0 Å². The Bertz CT molecular complexity index is 1070. The fourth-order valence-corrected chi connectivity index (χ4v) is 3.15. The zero-order valence-corrected chi connectivity index (χ0v) is 15.3. The van der Waals surface area contributed by atoms with Crippen LogP contribution in [0.4, 0.5) is 23.5 Å². The highest BCUT2D eigenvalue weighted by Gasteiger charge is 2.39. The van der Waals surface area contributed by atoms with E-state index in [4.69, 9.17) is 23.2 Å². The average Bonchev–Trinajstić information content (AvgIpc) is 3.08. The van der Waals surface area contributed by atoms with E-state index in [0.717, 1.165) is 4.68 Å². The predicted molar refractivity (Wildman–Crippen MR) is 97.6 cm³/mol. The van der Waals surface area contributed by atoms with E-state index < -0.39 is 23.9 Å². The zero-order chi connectivity index (χ0) is 20.1. The van der Waals surface area contributed by atoms with Crippen molar-refractivity contribution in [1.82, 2.24) is 14.8 Å². The molecule has 0 saturated carbocycles. The van der Waals surface area contributed by atoms with Crippen LogP contribution in [-0.4, -0.2) is 14.8 Å². The molecule has 0 spiro atoms. The van der Waals surface area contributed by atoms with Gasteiger partial charge in [0.2, 0.25) is 5.95 Å². The number of fused-ring (bicyclic) bond motifs is 1. The molecule has 1 N–H and O–H groups in total. The van der Waals surface area contributed by atoms with Gasteiger partial charge < -0.3 is 5.32 Å². The number of alkyl halides is 3. The van der Waals surface area contributed by atoms with Crippen molar-refractivity contribution in [3.63, 3.8) is 0 Å². The summed E-state index contributed by atoms with van der Waals surface area (Å²) in [7, 11) is 0. The van der Waals surface area contributed by atoms with Crippen LogP contribution < -0.4 is 5.32 Å². The van der Waals surface area contributed by atoms with Crippen molar-refractivity contribution in [3.8, 4) is 0 Å². The van der Waals surface area contributed by atoms with E-state index in [1.54, 1.807) is 24.3 Å². The Labute approximate surface area is 166 Å². The number of hydrogen-bond donors (Lipinski definition) is 1. The quantitative estimate of drug-likeness (QED) is 0.524. The van der Waals surface area contributed by atoms with Gasteiger partial charge in [0.05, 0.1) is 10.0 Å². The summed E-state index contributed by atoms with van der Waals surface area (Å²) < 4.78 is 53.7. The van der Waals surface area contributed by atoms with Crippen molar-refractivity contribution >= 4 is 34.8 Å². The highest BCUT2D eigenvalue weighted by atomic mass is 35.5. The standard InChI is InChI=1S/C18H10Cl2F4N4/c19-12-6-3-10(7-13(12)20)15-8-14(9-1-4-11(21)5-2-9)25-17-26-16(18(22,23)24)27-28(15)17/h1-8,15H,(H,25,26,27)/t15-/m0/s1. The topological polar surface area (TPSA) is 42.7 Å². The van der Waals surface area contributed by atoms with Crippen LogP contribution in [0.15, 0.2) is 48.5 Å². The van der Waals surface area contributed by atoms with Gasteiger partial charge in [0, 0.05) is 5.70 Å². The van der Waals surface area contributed by atoms with Crippen LogP contribution in [0.1, 0.15) is 23.0 Å².